The molecule has 1 aliphatic heterocycles. The van der Waals surface area contributed by atoms with Gasteiger partial charge in [-0.25, -0.2) is 10.8 Å². The Kier molecular flexibility index (Phi) is 4.06. The summed E-state index contributed by atoms with van der Waals surface area (Å²) < 4.78 is 0. The van der Waals surface area contributed by atoms with Crippen LogP contribution in [0.4, 0.5) is 11.5 Å². The van der Waals surface area contributed by atoms with E-state index in [0.717, 1.165) is 24.5 Å². The molecule has 3 N–H and O–H groups in total. The number of hydrazine groups is 1. The minimum atomic E-state index is 0.677. The zero-order valence-electron chi connectivity index (χ0n) is 12.4. The molecule has 0 unspecified atom stereocenters. The van der Waals surface area contributed by atoms with Crippen LogP contribution in [0.15, 0.2) is 42.6 Å². The maximum atomic E-state index is 5.52. The van der Waals surface area contributed by atoms with Gasteiger partial charge in [0.05, 0.1) is 0 Å². The van der Waals surface area contributed by atoms with E-state index in [1.165, 1.54) is 24.1 Å². The first-order valence-electron chi connectivity index (χ1n) is 7.51. The van der Waals surface area contributed by atoms with Crippen molar-refractivity contribution in [3.8, 4) is 0 Å². The van der Waals surface area contributed by atoms with Gasteiger partial charge in [0.15, 0.2) is 0 Å². The Morgan fingerprint density at radius 2 is 1.86 bits per heavy atom. The van der Waals surface area contributed by atoms with Gasteiger partial charge in [-0.2, -0.15) is 0 Å². The number of rotatable bonds is 3. The van der Waals surface area contributed by atoms with E-state index in [1.807, 2.05) is 6.20 Å². The van der Waals surface area contributed by atoms with Gasteiger partial charge in [0, 0.05) is 30.5 Å². The number of hydrogen-bond donors (Lipinski definition) is 2. The van der Waals surface area contributed by atoms with Gasteiger partial charge in [-0.3, -0.25) is 0 Å². The summed E-state index contributed by atoms with van der Waals surface area (Å²) in [5.41, 5.74) is 6.50. The number of aromatic nitrogens is 1. The van der Waals surface area contributed by atoms with Crippen LogP contribution in [0.3, 0.4) is 0 Å². The van der Waals surface area contributed by atoms with Crippen LogP contribution in [-0.2, 0) is 0 Å². The molecule has 2 aromatic rings. The molecule has 110 valence electrons. The van der Waals surface area contributed by atoms with Crippen molar-refractivity contribution in [2.45, 2.75) is 25.7 Å². The predicted octanol–water partition coefficient (Wildman–Crippen LogP) is 3.06. The van der Waals surface area contributed by atoms with E-state index in [-0.39, 0.29) is 0 Å². The fraction of sp³-hybridized carbons (Fsp3) is 0.353. The van der Waals surface area contributed by atoms with E-state index in [2.05, 4.69) is 58.6 Å². The lowest BCUT2D eigenvalue weighted by Crippen LogP contribution is -2.33. The van der Waals surface area contributed by atoms with Crippen LogP contribution in [0.5, 0.6) is 0 Å². The predicted molar refractivity (Wildman–Crippen MR) is 87.4 cm³/mol. The molecule has 4 heteroatoms. The van der Waals surface area contributed by atoms with Crippen LogP contribution in [0.25, 0.3) is 0 Å². The number of nitrogens with one attached hydrogen (secondary N) is 1. The molecule has 0 spiro atoms. The van der Waals surface area contributed by atoms with E-state index >= 15 is 0 Å². The number of pyridine rings is 1. The van der Waals surface area contributed by atoms with Crippen molar-refractivity contribution in [2.75, 3.05) is 23.4 Å². The lowest BCUT2D eigenvalue weighted by molar-refractivity contribution is 0.505. The van der Waals surface area contributed by atoms with Gasteiger partial charge in [0.2, 0.25) is 0 Å². The fourth-order valence-electron chi connectivity index (χ4n) is 3.19. The summed E-state index contributed by atoms with van der Waals surface area (Å²) in [6, 6.07) is 12.9. The third-order valence-corrected chi connectivity index (χ3v) is 4.42. The Morgan fingerprint density at radius 3 is 2.52 bits per heavy atom. The van der Waals surface area contributed by atoms with E-state index in [1.54, 1.807) is 0 Å². The third kappa shape index (κ3) is 2.85. The summed E-state index contributed by atoms with van der Waals surface area (Å²) in [6.45, 7) is 4.23. The lowest BCUT2D eigenvalue weighted by Gasteiger charge is -2.35. The second-order valence-corrected chi connectivity index (χ2v) is 5.62. The lowest BCUT2D eigenvalue weighted by atomic mass is 9.89. The largest absolute Gasteiger partial charge is 0.371 e. The molecule has 3 rings (SSSR count). The van der Waals surface area contributed by atoms with Gasteiger partial charge in [0.1, 0.15) is 5.82 Å². The molecule has 4 nitrogen and oxygen atoms in total. The van der Waals surface area contributed by atoms with Gasteiger partial charge < -0.3 is 10.3 Å². The summed E-state index contributed by atoms with van der Waals surface area (Å²) >= 11 is 0. The number of nitrogen functional groups attached to an aromatic ring is 1. The van der Waals surface area contributed by atoms with Crippen LogP contribution in [0, 0.1) is 6.92 Å². The number of anilines is 2. The van der Waals surface area contributed by atoms with Crippen molar-refractivity contribution < 1.29 is 0 Å². The summed E-state index contributed by atoms with van der Waals surface area (Å²) in [5.74, 6) is 6.96. The highest BCUT2D eigenvalue weighted by Gasteiger charge is 2.22. The molecule has 21 heavy (non-hydrogen) atoms. The monoisotopic (exact) mass is 282 g/mol. The molecule has 0 atom stereocenters. The van der Waals surface area contributed by atoms with E-state index in [0.29, 0.717) is 5.92 Å². The molecule has 0 saturated carbocycles. The number of hydrogen-bond acceptors (Lipinski definition) is 4. The summed E-state index contributed by atoms with van der Waals surface area (Å²) in [5, 5.41) is 0. The van der Waals surface area contributed by atoms with Crippen LogP contribution >= 0.6 is 0 Å². The van der Waals surface area contributed by atoms with Crippen molar-refractivity contribution >= 4 is 11.5 Å². The molecule has 0 bridgehead atoms. The highest BCUT2D eigenvalue weighted by molar-refractivity contribution is 5.62. The fourth-order valence-corrected chi connectivity index (χ4v) is 3.19. The molecule has 1 aromatic carbocycles. The van der Waals surface area contributed by atoms with Crippen molar-refractivity contribution in [1.82, 2.24) is 4.98 Å². The Labute approximate surface area is 126 Å². The average molecular weight is 282 g/mol. The molecule has 1 fully saturated rings. The Bertz CT molecular complexity index is 589. The Morgan fingerprint density at radius 1 is 1.14 bits per heavy atom. The highest BCUT2D eigenvalue weighted by Crippen LogP contribution is 2.32. The Balaban J connectivity index is 1.72. The molecule has 2 heterocycles. The van der Waals surface area contributed by atoms with E-state index in [9.17, 15) is 0 Å². The van der Waals surface area contributed by atoms with Crippen LogP contribution in [0.1, 0.15) is 29.9 Å². The SMILES string of the molecule is Cc1c(N2CCC(c3ccccc3)CC2)ccnc1NN. The van der Waals surface area contributed by atoms with E-state index < -0.39 is 0 Å². The van der Waals surface area contributed by atoms with Crippen molar-refractivity contribution in [3.63, 3.8) is 0 Å². The van der Waals surface area contributed by atoms with Crippen molar-refractivity contribution in [3.05, 3.63) is 53.7 Å². The molecule has 0 radical (unpaired) electrons. The topological polar surface area (TPSA) is 54.2 Å². The standard InChI is InChI=1S/C17H22N4/c1-13-16(7-10-19-17(13)20-18)21-11-8-15(9-12-21)14-5-3-2-4-6-14/h2-7,10,15H,8-9,11-12,18H2,1H3,(H,19,20). The molecular formula is C17H22N4. The smallest absolute Gasteiger partial charge is 0.144 e. The van der Waals surface area contributed by atoms with Crippen LogP contribution in [-0.4, -0.2) is 18.1 Å². The van der Waals surface area contributed by atoms with Crippen molar-refractivity contribution in [1.29, 1.82) is 0 Å². The molecular weight excluding hydrogens is 260 g/mol. The maximum absolute atomic E-state index is 5.52. The quantitative estimate of drug-likeness (QED) is 0.671. The number of nitrogens with two attached hydrogens (primary N) is 1. The zero-order valence-corrected chi connectivity index (χ0v) is 12.4. The summed E-state index contributed by atoms with van der Waals surface area (Å²) in [6.07, 6.45) is 4.20. The van der Waals surface area contributed by atoms with Gasteiger partial charge >= 0.3 is 0 Å². The minimum absolute atomic E-state index is 0.677. The number of nitrogens with zero attached hydrogens (tertiary/aromatic N) is 2. The van der Waals surface area contributed by atoms with Crippen molar-refractivity contribution in [2.24, 2.45) is 5.84 Å². The molecule has 1 aromatic heterocycles. The second kappa shape index (κ2) is 6.14. The van der Waals surface area contributed by atoms with Gasteiger partial charge in [-0.15, -0.1) is 0 Å². The van der Waals surface area contributed by atoms with Crippen LogP contribution < -0.4 is 16.2 Å². The first-order chi connectivity index (χ1) is 10.3. The molecule has 1 aliphatic rings. The first kappa shape index (κ1) is 13.9. The molecule has 0 amide bonds. The first-order valence-corrected chi connectivity index (χ1v) is 7.51. The minimum Gasteiger partial charge on any atom is -0.371 e. The Hall–Kier alpha value is -2.07. The average Bonchev–Trinajstić information content (AvgIpc) is 2.56. The van der Waals surface area contributed by atoms with Gasteiger partial charge in [-0.1, -0.05) is 30.3 Å². The molecule has 0 aliphatic carbocycles. The maximum Gasteiger partial charge on any atom is 0.144 e. The van der Waals surface area contributed by atoms with Gasteiger partial charge in [-0.05, 0) is 37.3 Å². The summed E-state index contributed by atoms with van der Waals surface area (Å²) in [4.78, 5) is 6.69. The van der Waals surface area contributed by atoms with Gasteiger partial charge in [0.25, 0.3) is 0 Å². The number of benzene rings is 1. The van der Waals surface area contributed by atoms with E-state index in [4.69, 9.17) is 5.84 Å². The molecule has 1 saturated heterocycles. The highest BCUT2D eigenvalue weighted by atomic mass is 15.3. The number of piperidine rings is 1. The normalized spacial score (nSPS) is 16.0. The third-order valence-electron chi connectivity index (χ3n) is 4.42. The summed E-state index contributed by atoms with van der Waals surface area (Å²) in [7, 11) is 0. The zero-order chi connectivity index (χ0) is 14.7. The van der Waals surface area contributed by atoms with Crippen LogP contribution in [0.2, 0.25) is 0 Å². The second-order valence-electron chi connectivity index (χ2n) is 5.62.